The van der Waals surface area contributed by atoms with Crippen LogP contribution in [0.15, 0.2) is 18.2 Å². The van der Waals surface area contributed by atoms with Crippen LogP contribution in [0.3, 0.4) is 0 Å². The van der Waals surface area contributed by atoms with Crippen molar-refractivity contribution in [1.82, 2.24) is 0 Å². The van der Waals surface area contributed by atoms with E-state index in [1.165, 1.54) is 5.56 Å². The van der Waals surface area contributed by atoms with Gasteiger partial charge >= 0.3 is 0 Å². The largest absolute Gasteiger partial charge is 0.337 e. The van der Waals surface area contributed by atoms with E-state index in [-0.39, 0.29) is 0 Å². The third-order valence-electron chi connectivity index (χ3n) is 2.13. The van der Waals surface area contributed by atoms with Gasteiger partial charge in [0.05, 0.1) is 0 Å². The van der Waals surface area contributed by atoms with Gasteiger partial charge in [-0.05, 0) is 30.0 Å². The molecule has 1 aromatic rings. The first kappa shape index (κ1) is 8.57. The lowest BCUT2D eigenvalue weighted by atomic mass is 10.0. The molecule has 0 saturated carbocycles. The van der Waals surface area contributed by atoms with E-state index in [1.807, 2.05) is 6.07 Å². The molecule has 70 valence electrons. The maximum Gasteiger partial charge on any atom is 0.171 e. The summed E-state index contributed by atoms with van der Waals surface area (Å²) in [5, 5.41) is 0. The number of benzene rings is 1. The average molecular weight is 178 g/mol. The Kier molecular flexibility index (Phi) is 2.23. The van der Waals surface area contributed by atoms with Crippen molar-refractivity contribution in [2.45, 2.75) is 26.9 Å². The average Bonchev–Trinajstić information content (AvgIpc) is 2.49. The van der Waals surface area contributed by atoms with E-state index in [0.717, 1.165) is 17.7 Å². The second-order valence-corrected chi connectivity index (χ2v) is 3.89. The zero-order chi connectivity index (χ0) is 9.26. The van der Waals surface area contributed by atoms with Crippen molar-refractivity contribution in [2.24, 2.45) is 5.92 Å². The monoisotopic (exact) mass is 178 g/mol. The fourth-order valence-electron chi connectivity index (χ4n) is 1.58. The maximum atomic E-state index is 4.96. The van der Waals surface area contributed by atoms with Gasteiger partial charge in [0.2, 0.25) is 0 Å². The molecule has 2 nitrogen and oxygen atoms in total. The molecule has 0 atom stereocenters. The van der Waals surface area contributed by atoms with Crippen LogP contribution in [0.1, 0.15) is 25.0 Å². The van der Waals surface area contributed by atoms with Crippen LogP contribution in [-0.4, -0.2) is 0 Å². The molecule has 0 bridgehead atoms. The molecule has 0 spiro atoms. The summed E-state index contributed by atoms with van der Waals surface area (Å²) >= 11 is 0. The first-order valence-corrected chi connectivity index (χ1v) is 4.67. The standard InChI is InChI=1S/C11H14O2/c1-8(2)5-9-3-4-11-10(6-9)7-12-13-11/h3-4,6,8H,5,7H2,1-2H3. The van der Waals surface area contributed by atoms with Crippen LogP contribution in [0.4, 0.5) is 0 Å². The molecule has 0 N–H and O–H groups in total. The van der Waals surface area contributed by atoms with E-state index in [2.05, 4.69) is 26.0 Å². The molecule has 2 rings (SSSR count). The number of hydrogen-bond donors (Lipinski definition) is 0. The molecule has 2 heteroatoms. The maximum absolute atomic E-state index is 4.96. The minimum Gasteiger partial charge on any atom is -0.337 e. The summed E-state index contributed by atoms with van der Waals surface area (Å²) in [6, 6.07) is 6.26. The summed E-state index contributed by atoms with van der Waals surface area (Å²) in [5.74, 6) is 1.56. The van der Waals surface area contributed by atoms with E-state index >= 15 is 0 Å². The summed E-state index contributed by atoms with van der Waals surface area (Å²) < 4.78 is 0. The Morgan fingerprint density at radius 3 is 3.00 bits per heavy atom. The highest BCUT2D eigenvalue weighted by Crippen LogP contribution is 2.27. The van der Waals surface area contributed by atoms with Crippen LogP contribution in [0.2, 0.25) is 0 Å². The van der Waals surface area contributed by atoms with Gasteiger partial charge in [0.25, 0.3) is 0 Å². The summed E-state index contributed by atoms with van der Waals surface area (Å²) in [6.45, 7) is 5.03. The number of hydrogen-bond acceptors (Lipinski definition) is 2. The molecule has 1 heterocycles. The third-order valence-corrected chi connectivity index (χ3v) is 2.13. The number of fused-ring (bicyclic) bond motifs is 1. The zero-order valence-electron chi connectivity index (χ0n) is 8.04. The van der Waals surface area contributed by atoms with Crippen LogP contribution < -0.4 is 4.89 Å². The van der Waals surface area contributed by atoms with Gasteiger partial charge in [-0.1, -0.05) is 19.9 Å². The molecule has 0 radical (unpaired) electrons. The van der Waals surface area contributed by atoms with Gasteiger partial charge in [-0.15, -0.1) is 0 Å². The van der Waals surface area contributed by atoms with Gasteiger partial charge in [-0.2, -0.15) is 4.89 Å². The van der Waals surface area contributed by atoms with Crippen LogP contribution in [0.5, 0.6) is 5.75 Å². The van der Waals surface area contributed by atoms with Crippen LogP contribution >= 0.6 is 0 Å². The summed E-state index contributed by atoms with van der Waals surface area (Å²) in [4.78, 5) is 9.83. The number of rotatable bonds is 2. The van der Waals surface area contributed by atoms with Crippen molar-refractivity contribution >= 4 is 0 Å². The summed E-state index contributed by atoms with van der Waals surface area (Å²) in [5.41, 5.74) is 2.53. The molecular formula is C11H14O2. The molecule has 0 fully saturated rings. The molecule has 0 aromatic heterocycles. The zero-order valence-corrected chi connectivity index (χ0v) is 8.04. The third kappa shape index (κ3) is 1.83. The van der Waals surface area contributed by atoms with E-state index in [1.54, 1.807) is 0 Å². The van der Waals surface area contributed by atoms with Crippen molar-refractivity contribution in [3.05, 3.63) is 29.3 Å². The first-order valence-electron chi connectivity index (χ1n) is 4.67. The van der Waals surface area contributed by atoms with Gasteiger partial charge in [0, 0.05) is 5.56 Å². The minimum atomic E-state index is 0.585. The fourth-order valence-corrected chi connectivity index (χ4v) is 1.58. The van der Waals surface area contributed by atoms with Crippen molar-refractivity contribution in [3.63, 3.8) is 0 Å². The van der Waals surface area contributed by atoms with Gasteiger partial charge in [-0.3, -0.25) is 0 Å². The Morgan fingerprint density at radius 2 is 2.23 bits per heavy atom. The second kappa shape index (κ2) is 3.38. The van der Waals surface area contributed by atoms with Gasteiger partial charge in [0.1, 0.15) is 6.61 Å². The summed E-state index contributed by atoms with van der Waals surface area (Å²) in [7, 11) is 0. The molecule has 1 aliphatic rings. The lowest BCUT2D eigenvalue weighted by molar-refractivity contribution is -0.194. The fraction of sp³-hybridized carbons (Fsp3) is 0.455. The van der Waals surface area contributed by atoms with E-state index in [9.17, 15) is 0 Å². The molecule has 0 amide bonds. The highest BCUT2D eigenvalue weighted by Gasteiger charge is 2.13. The van der Waals surface area contributed by atoms with Crippen molar-refractivity contribution < 1.29 is 9.78 Å². The highest BCUT2D eigenvalue weighted by molar-refractivity contribution is 5.37. The van der Waals surface area contributed by atoms with Crippen molar-refractivity contribution in [2.75, 3.05) is 0 Å². The summed E-state index contributed by atoms with van der Waals surface area (Å²) in [6.07, 6.45) is 1.12. The van der Waals surface area contributed by atoms with Crippen molar-refractivity contribution in [3.8, 4) is 5.75 Å². The Balaban J connectivity index is 2.21. The topological polar surface area (TPSA) is 18.5 Å². The molecule has 1 aliphatic heterocycles. The quantitative estimate of drug-likeness (QED) is 0.648. The molecule has 13 heavy (non-hydrogen) atoms. The molecule has 0 aliphatic carbocycles. The van der Waals surface area contributed by atoms with Gasteiger partial charge < -0.3 is 4.89 Å². The smallest absolute Gasteiger partial charge is 0.171 e. The Labute approximate surface area is 78.4 Å². The Hall–Kier alpha value is -1.02. The predicted molar refractivity (Wildman–Crippen MR) is 50.4 cm³/mol. The second-order valence-electron chi connectivity index (χ2n) is 3.89. The Bertz CT molecular complexity index is 305. The highest BCUT2D eigenvalue weighted by atomic mass is 17.2. The van der Waals surface area contributed by atoms with E-state index in [4.69, 9.17) is 9.78 Å². The first-order chi connectivity index (χ1) is 6.25. The minimum absolute atomic E-state index is 0.585. The van der Waals surface area contributed by atoms with Crippen LogP contribution in [0, 0.1) is 5.92 Å². The molecule has 0 saturated heterocycles. The van der Waals surface area contributed by atoms with Crippen molar-refractivity contribution in [1.29, 1.82) is 0 Å². The van der Waals surface area contributed by atoms with Crippen LogP contribution in [0.25, 0.3) is 0 Å². The lowest BCUT2D eigenvalue weighted by Crippen LogP contribution is -1.94. The lowest BCUT2D eigenvalue weighted by Gasteiger charge is -2.05. The SMILES string of the molecule is CC(C)Cc1ccc2c(c1)COO2. The normalized spacial score (nSPS) is 14.4. The van der Waals surface area contributed by atoms with Gasteiger partial charge in [0.15, 0.2) is 5.75 Å². The van der Waals surface area contributed by atoms with E-state index in [0.29, 0.717) is 12.5 Å². The molecule has 1 aromatic carbocycles. The predicted octanol–water partition coefficient (Wildman–Crippen LogP) is 2.71. The van der Waals surface area contributed by atoms with E-state index < -0.39 is 0 Å². The molecular weight excluding hydrogens is 164 g/mol. The molecule has 0 unspecified atom stereocenters. The van der Waals surface area contributed by atoms with Crippen LogP contribution in [-0.2, 0) is 17.9 Å². The Morgan fingerprint density at radius 1 is 1.38 bits per heavy atom. The van der Waals surface area contributed by atoms with Gasteiger partial charge in [-0.25, -0.2) is 0 Å².